The van der Waals surface area contributed by atoms with E-state index in [-0.39, 0.29) is 0 Å². The fraction of sp³-hybridized carbons (Fsp3) is 0.538. The lowest BCUT2D eigenvalue weighted by molar-refractivity contribution is 0.329. The second-order valence-electron chi connectivity index (χ2n) is 5.12. The van der Waals surface area contributed by atoms with E-state index in [0.29, 0.717) is 11.5 Å². The molecule has 0 saturated heterocycles. The highest BCUT2D eigenvalue weighted by atomic mass is 79.9. The third-order valence-electron chi connectivity index (χ3n) is 3.39. The minimum absolute atomic E-state index is 0.417. The first-order valence-electron chi connectivity index (χ1n) is 5.57. The molecular formula is C13H18BrN. The molecule has 1 fully saturated rings. The molecule has 0 heterocycles. The van der Waals surface area contributed by atoms with E-state index in [1.54, 1.807) is 0 Å². The van der Waals surface area contributed by atoms with Crippen LogP contribution in [0.2, 0.25) is 0 Å². The van der Waals surface area contributed by atoms with Gasteiger partial charge in [-0.3, -0.25) is 0 Å². The molecule has 0 bridgehead atoms. The Morgan fingerprint density at radius 3 is 2.93 bits per heavy atom. The number of rotatable bonds is 2. The molecule has 1 saturated carbocycles. The van der Waals surface area contributed by atoms with Gasteiger partial charge in [-0.1, -0.05) is 35.0 Å². The predicted octanol–water partition coefficient (Wildman–Crippen LogP) is 3.51. The maximum Gasteiger partial charge on any atom is 0.0177 e. The van der Waals surface area contributed by atoms with Crippen LogP contribution in [0.4, 0.5) is 0 Å². The summed E-state index contributed by atoms with van der Waals surface area (Å²) in [6.45, 7) is 2.36. The van der Waals surface area contributed by atoms with Crippen molar-refractivity contribution >= 4 is 15.9 Å². The van der Waals surface area contributed by atoms with Crippen LogP contribution in [0.1, 0.15) is 31.7 Å². The quantitative estimate of drug-likeness (QED) is 0.872. The number of benzene rings is 1. The Bertz CT molecular complexity index is 350. The summed E-state index contributed by atoms with van der Waals surface area (Å²) in [6, 6.07) is 9.03. The Morgan fingerprint density at radius 1 is 1.53 bits per heavy atom. The van der Waals surface area contributed by atoms with E-state index >= 15 is 0 Å². The van der Waals surface area contributed by atoms with Crippen LogP contribution in [0.25, 0.3) is 0 Å². The Labute approximate surface area is 100 Å². The highest BCUT2D eigenvalue weighted by Gasteiger charge is 2.33. The van der Waals surface area contributed by atoms with Crippen LogP contribution in [0.5, 0.6) is 0 Å². The van der Waals surface area contributed by atoms with E-state index < -0.39 is 0 Å². The summed E-state index contributed by atoms with van der Waals surface area (Å²) in [5.41, 5.74) is 7.82. The van der Waals surface area contributed by atoms with Gasteiger partial charge >= 0.3 is 0 Å². The molecule has 1 nitrogen and oxygen atoms in total. The van der Waals surface area contributed by atoms with E-state index in [4.69, 9.17) is 5.73 Å². The van der Waals surface area contributed by atoms with Gasteiger partial charge in [0.15, 0.2) is 0 Å². The third kappa shape index (κ3) is 2.82. The van der Waals surface area contributed by atoms with Crippen LogP contribution >= 0.6 is 15.9 Å². The highest BCUT2D eigenvalue weighted by molar-refractivity contribution is 9.10. The van der Waals surface area contributed by atoms with Crippen molar-refractivity contribution in [3.8, 4) is 0 Å². The van der Waals surface area contributed by atoms with E-state index in [1.165, 1.54) is 29.3 Å². The van der Waals surface area contributed by atoms with Crippen molar-refractivity contribution < 1.29 is 0 Å². The van der Waals surface area contributed by atoms with Gasteiger partial charge in [0.05, 0.1) is 0 Å². The first-order chi connectivity index (χ1) is 7.07. The zero-order valence-electron chi connectivity index (χ0n) is 9.17. The minimum Gasteiger partial charge on any atom is -0.328 e. The van der Waals surface area contributed by atoms with Gasteiger partial charge in [0.2, 0.25) is 0 Å². The topological polar surface area (TPSA) is 26.0 Å². The van der Waals surface area contributed by atoms with Crippen molar-refractivity contribution in [1.29, 1.82) is 0 Å². The fourth-order valence-corrected chi connectivity index (χ4v) is 3.12. The largest absolute Gasteiger partial charge is 0.328 e. The standard InChI is InChI=1S/C13H18BrN/c1-13(6-5-12(15)9-13)8-10-3-2-4-11(14)7-10/h2-4,7,12H,5-6,8-9,15H2,1H3. The Kier molecular flexibility index (Phi) is 3.17. The van der Waals surface area contributed by atoms with Crippen molar-refractivity contribution in [2.45, 2.75) is 38.6 Å². The van der Waals surface area contributed by atoms with Crippen LogP contribution in [-0.4, -0.2) is 6.04 Å². The zero-order chi connectivity index (χ0) is 10.9. The van der Waals surface area contributed by atoms with Gasteiger partial charge in [-0.05, 0) is 48.8 Å². The second kappa shape index (κ2) is 4.26. The van der Waals surface area contributed by atoms with Gasteiger partial charge in [0.1, 0.15) is 0 Å². The third-order valence-corrected chi connectivity index (χ3v) is 3.89. The maximum atomic E-state index is 5.98. The SMILES string of the molecule is CC1(Cc2cccc(Br)c2)CCC(N)C1. The number of halogens is 1. The molecule has 15 heavy (non-hydrogen) atoms. The van der Waals surface area contributed by atoms with Crippen molar-refractivity contribution in [2.24, 2.45) is 11.1 Å². The molecule has 82 valence electrons. The molecule has 0 radical (unpaired) electrons. The van der Waals surface area contributed by atoms with Crippen LogP contribution in [0, 0.1) is 5.41 Å². The van der Waals surface area contributed by atoms with Gasteiger partial charge in [0.25, 0.3) is 0 Å². The normalized spacial score (nSPS) is 30.7. The van der Waals surface area contributed by atoms with E-state index in [0.717, 1.165) is 6.42 Å². The molecule has 0 aromatic heterocycles. The molecule has 2 N–H and O–H groups in total. The van der Waals surface area contributed by atoms with Crippen LogP contribution in [0.3, 0.4) is 0 Å². The van der Waals surface area contributed by atoms with Crippen molar-refractivity contribution in [3.05, 3.63) is 34.3 Å². The molecule has 0 spiro atoms. The van der Waals surface area contributed by atoms with E-state index in [1.807, 2.05) is 0 Å². The molecule has 2 atom stereocenters. The number of hydrogen-bond acceptors (Lipinski definition) is 1. The minimum atomic E-state index is 0.417. The summed E-state index contributed by atoms with van der Waals surface area (Å²) in [7, 11) is 0. The van der Waals surface area contributed by atoms with Crippen molar-refractivity contribution in [3.63, 3.8) is 0 Å². The van der Waals surface area contributed by atoms with Gasteiger partial charge < -0.3 is 5.73 Å². The van der Waals surface area contributed by atoms with E-state index in [2.05, 4.69) is 47.1 Å². The van der Waals surface area contributed by atoms with Gasteiger partial charge in [-0.25, -0.2) is 0 Å². The number of hydrogen-bond donors (Lipinski definition) is 1. The Balaban J connectivity index is 2.08. The van der Waals surface area contributed by atoms with Crippen molar-refractivity contribution in [1.82, 2.24) is 0 Å². The zero-order valence-corrected chi connectivity index (χ0v) is 10.8. The molecule has 0 amide bonds. The van der Waals surface area contributed by atoms with Crippen LogP contribution in [0.15, 0.2) is 28.7 Å². The summed E-state index contributed by atoms with van der Waals surface area (Å²) >= 11 is 3.52. The summed E-state index contributed by atoms with van der Waals surface area (Å²) in [5, 5.41) is 0. The second-order valence-corrected chi connectivity index (χ2v) is 6.04. The maximum absolute atomic E-state index is 5.98. The molecule has 1 aliphatic carbocycles. The van der Waals surface area contributed by atoms with Gasteiger partial charge in [-0.15, -0.1) is 0 Å². The fourth-order valence-electron chi connectivity index (χ4n) is 2.67. The number of nitrogens with two attached hydrogens (primary N) is 1. The smallest absolute Gasteiger partial charge is 0.0177 e. The van der Waals surface area contributed by atoms with Crippen LogP contribution < -0.4 is 5.73 Å². The van der Waals surface area contributed by atoms with Gasteiger partial charge in [-0.2, -0.15) is 0 Å². The molecule has 2 rings (SSSR count). The summed E-state index contributed by atoms with van der Waals surface area (Å²) < 4.78 is 1.17. The van der Waals surface area contributed by atoms with Gasteiger partial charge in [0, 0.05) is 10.5 Å². The average Bonchev–Trinajstić information content (AvgIpc) is 2.45. The summed E-state index contributed by atoms with van der Waals surface area (Å²) in [4.78, 5) is 0. The monoisotopic (exact) mass is 267 g/mol. The summed E-state index contributed by atoms with van der Waals surface area (Å²) in [5.74, 6) is 0. The Morgan fingerprint density at radius 2 is 2.33 bits per heavy atom. The molecule has 0 aliphatic heterocycles. The molecule has 2 heteroatoms. The lowest BCUT2D eigenvalue weighted by atomic mass is 9.82. The predicted molar refractivity (Wildman–Crippen MR) is 67.8 cm³/mol. The van der Waals surface area contributed by atoms with Crippen LogP contribution in [-0.2, 0) is 6.42 Å². The molecular weight excluding hydrogens is 250 g/mol. The summed E-state index contributed by atoms with van der Waals surface area (Å²) in [6.07, 6.45) is 4.77. The molecule has 1 aliphatic rings. The molecule has 2 unspecified atom stereocenters. The Hall–Kier alpha value is -0.340. The average molecular weight is 268 g/mol. The lowest BCUT2D eigenvalue weighted by Crippen LogP contribution is -2.21. The molecule has 1 aromatic carbocycles. The first-order valence-corrected chi connectivity index (χ1v) is 6.37. The lowest BCUT2D eigenvalue weighted by Gasteiger charge is -2.23. The molecule has 1 aromatic rings. The van der Waals surface area contributed by atoms with Crippen molar-refractivity contribution in [2.75, 3.05) is 0 Å². The highest BCUT2D eigenvalue weighted by Crippen LogP contribution is 2.39. The first kappa shape index (κ1) is 11.2. The van der Waals surface area contributed by atoms with E-state index in [9.17, 15) is 0 Å².